The van der Waals surface area contributed by atoms with Crippen LogP contribution in [0.4, 0.5) is 10.1 Å². The standard InChI is InChI=1S/C18H23FN6O5S/c1-12-7-8-14(24-31(28,29)16(19)13-5-3-2-4-6-13)17(27)25(12)11-15(26)22-9-10-30-23-18(20)21/h2-8,16,24H,9-11H2,1H3,(H,22,26)(H4,20,21,23). The van der Waals surface area contributed by atoms with Gasteiger partial charge in [0.1, 0.15) is 12.2 Å². The number of aromatic nitrogens is 1. The SMILES string of the molecule is Cc1ccc(NS(=O)(=O)C(F)c2ccccc2)c(=O)n1CC(=O)NCCONC(=N)N. The minimum atomic E-state index is -4.56. The molecule has 2 rings (SSSR count). The highest BCUT2D eigenvalue weighted by molar-refractivity contribution is 7.92. The third kappa shape index (κ3) is 6.79. The van der Waals surface area contributed by atoms with E-state index in [2.05, 4.69) is 10.8 Å². The van der Waals surface area contributed by atoms with E-state index >= 15 is 0 Å². The number of carbonyl (C=O) groups excluding carboxylic acids is 1. The highest BCUT2D eigenvalue weighted by atomic mass is 32.2. The molecule has 0 saturated heterocycles. The van der Waals surface area contributed by atoms with Crippen LogP contribution in [0.15, 0.2) is 47.3 Å². The number of amides is 1. The van der Waals surface area contributed by atoms with Gasteiger partial charge in [0.2, 0.25) is 17.4 Å². The van der Waals surface area contributed by atoms with Gasteiger partial charge in [0, 0.05) is 17.8 Å². The van der Waals surface area contributed by atoms with Crippen LogP contribution in [0.3, 0.4) is 0 Å². The lowest BCUT2D eigenvalue weighted by Gasteiger charge is -2.15. The lowest BCUT2D eigenvalue weighted by Crippen LogP contribution is -2.37. The van der Waals surface area contributed by atoms with Gasteiger partial charge in [-0.15, -0.1) is 0 Å². The molecule has 1 amide bonds. The maximum atomic E-state index is 14.5. The Morgan fingerprint density at radius 2 is 1.94 bits per heavy atom. The maximum Gasteiger partial charge on any atom is 0.275 e. The van der Waals surface area contributed by atoms with Gasteiger partial charge in [0.25, 0.3) is 15.6 Å². The molecule has 1 aromatic carbocycles. The third-order valence-corrected chi connectivity index (χ3v) is 5.31. The van der Waals surface area contributed by atoms with E-state index in [9.17, 15) is 22.4 Å². The van der Waals surface area contributed by atoms with E-state index in [1.54, 1.807) is 13.0 Å². The molecule has 11 nitrogen and oxygen atoms in total. The quantitative estimate of drug-likeness (QED) is 0.147. The van der Waals surface area contributed by atoms with Gasteiger partial charge in [0.05, 0.1) is 6.61 Å². The van der Waals surface area contributed by atoms with Crippen LogP contribution in [0.5, 0.6) is 0 Å². The second-order valence-electron chi connectivity index (χ2n) is 6.37. The predicted octanol–water partition coefficient (Wildman–Crippen LogP) is 0.0976. The van der Waals surface area contributed by atoms with Crippen LogP contribution >= 0.6 is 0 Å². The molecule has 0 saturated carbocycles. The molecule has 13 heteroatoms. The fourth-order valence-corrected chi connectivity index (χ4v) is 3.58. The zero-order valence-corrected chi connectivity index (χ0v) is 17.4. The summed E-state index contributed by atoms with van der Waals surface area (Å²) in [4.78, 5) is 29.5. The Kier molecular flexibility index (Phi) is 8.10. The van der Waals surface area contributed by atoms with Gasteiger partial charge in [-0.25, -0.2) is 18.3 Å². The number of guanidine groups is 1. The Morgan fingerprint density at radius 3 is 2.58 bits per heavy atom. The highest BCUT2D eigenvalue weighted by Crippen LogP contribution is 2.24. The minimum absolute atomic E-state index is 0.0103. The number of alkyl halides is 1. The fraction of sp³-hybridized carbons (Fsp3) is 0.278. The molecule has 6 N–H and O–H groups in total. The molecule has 1 atom stereocenters. The zero-order chi connectivity index (χ0) is 23.0. The van der Waals surface area contributed by atoms with E-state index in [1.807, 2.05) is 4.72 Å². The van der Waals surface area contributed by atoms with Crippen LogP contribution < -0.4 is 26.8 Å². The van der Waals surface area contributed by atoms with Crippen LogP contribution in [0, 0.1) is 12.3 Å². The molecule has 0 aliphatic rings. The first kappa shape index (κ1) is 23.8. The van der Waals surface area contributed by atoms with Crippen molar-refractivity contribution < 1.29 is 22.4 Å². The van der Waals surface area contributed by atoms with E-state index in [4.69, 9.17) is 16.0 Å². The molecule has 1 heterocycles. The fourth-order valence-electron chi connectivity index (χ4n) is 2.50. The van der Waals surface area contributed by atoms with Gasteiger partial charge in [-0.1, -0.05) is 30.3 Å². The number of anilines is 1. The molecule has 0 bridgehead atoms. The molecule has 168 valence electrons. The maximum absolute atomic E-state index is 14.5. The number of nitrogens with zero attached hydrogens (tertiary/aromatic N) is 1. The van der Waals surface area contributed by atoms with Crippen LogP contribution in [0.1, 0.15) is 16.8 Å². The van der Waals surface area contributed by atoms with E-state index in [-0.39, 0.29) is 24.4 Å². The number of carbonyl (C=O) groups is 1. The van der Waals surface area contributed by atoms with Crippen molar-refractivity contribution in [1.82, 2.24) is 15.4 Å². The van der Waals surface area contributed by atoms with Crippen molar-refractivity contribution in [1.29, 1.82) is 5.41 Å². The van der Waals surface area contributed by atoms with Crippen molar-refractivity contribution in [3.8, 4) is 0 Å². The number of aryl methyl sites for hydroxylation is 1. The van der Waals surface area contributed by atoms with Gasteiger partial charge in [0.15, 0.2) is 0 Å². The van der Waals surface area contributed by atoms with Gasteiger partial charge in [-0.05, 0) is 19.1 Å². The first-order valence-electron chi connectivity index (χ1n) is 9.01. The number of sulfonamides is 1. The minimum Gasteiger partial charge on any atom is -0.368 e. The lowest BCUT2D eigenvalue weighted by molar-refractivity contribution is -0.122. The molecule has 0 aliphatic carbocycles. The molecule has 0 radical (unpaired) electrons. The number of hydroxylamine groups is 1. The van der Waals surface area contributed by atoms with Crippen LogP contribution in [-0.4, -0.2) is 38.0 Å². The normalized spacial score (nSPS) is 12.1. The summed E-state index contributed by atoms with van der Waals surface area (Å²) in [5.41, 5.74) is 3.88. The smallest absolute Gasteiger partial charge is 0.275 e. The molecule has 1 aromatic heterocycles. The third-order valence-electron chi connectivity index (χ3n) is 3.99. The summed E-state index contributed by atoms with van der Waals surface area (Å²) in [5, 5.41) is 9.40. The Hall–Kier alpha value is -3.45. The van der Waals surface area contributed by atoms with Crippen LogP contribution in [0.25, 0.3) is 0 Å². The number of nitrogens with two attached hydrogens (primary N) is 1. The van der Waals surface area contributed by atoms with Gasteiger partial charge >= 0.3 is 0 Å². The first-order chi connectivity index (χ1) is 14.6. The van der Waals surface area contributed by atoms with Gasteiger partial charge < -0.3 is 15.6 Å². The summed E-state index contributed by atoms with van der Waals surface area (Å²) in [5.74, 6) is -0.931. The Balaban J connectivity index is 2.09. The van der Waals surface area contributed by atoms with Crippen molar-refractivity contribution in [2.45, 2.75) is 19.0 Å². The highest BCUT2D eigenvalue weighted by Gasteiger charge is 2.28. The van der Waals surface area contributed by atoms with Crippen molar-refractivity contribution in [2.75, 3.05) is 17.9 Å². The molecule has 2 aromatic rings. The van der Waals surface area contributed by atoms with E-state index in [0.29, 0.717) is 5.69 Å². The molecule has 0 spiro atoms. The summed E-state index contributed by atoms with van der Waals surface area (Å²) in [6.07, 6.45) is 0. The second kappa shape index (κ2) is 10.5. The monoisotopic (exact) mass is 454 g/mol. The summed E-state index contributed by atoms with van der Waals surface area (Å²) < 4.78 is 42.3. The van der Waals surface area contributed by atoms with Crippen molar-refractivity contribution in [2.24, 2.45) is 5.73 Å². The second-order valence-corrected chi connectivity index (χ2v) is 8.08. The van der Waals surface area contributed by atoms with Crippen LogP contribution in [-0.2, 0) is 26.2 Å². The number of hydrogen-bond donors (Lipinski definition) is 5. The molecule has 0 aliphatic heterocycles. The largest absolute Gasteiger partial charge is 0.368 e. The van der Waals surface area contributed by atoms with Crippen molar-refractivity contribution >= 4 is 27.6 Å². The van der Waals surface area contributed by atoms with Crippen molar-refractivity contribution in [3.05, 3.63) is 64.1 Å². The Morgan fingerprint density at radius 1 is 1.26 bits per heavy atom. The van der Waals surface area contributed by atoms with Crippen LogP contribution in [0.2, 0.25) is 0 Å². The summed E-state index contributed by atoms with van der Waals surface area (Å²) >= 11 is 0. The zero-order valence-electron chi connectivity index (χ0n) is 16.6. The molecular weight excluding hydrogens is 431 g/mol. The number of nitrogens with one attached hydrogen (secondary N) is 4. The Labute approximate surface area is 177 Å². The van der Waals surface area contributed by atoms with Crippen molar-refractivity contribution in [3.63, 3.8) is 0 Å². The van der Waals surface area contributed by atoms with E-state index in [0.717, 1.165) is 4.57 Å². The molecule has 1 unspecified atom stereocenters. The number of pyridine rings is 1. The number of hydrogen-bond acceptors (Lipinski definition) is 6. The topological polar surface area (TPSA) is 168 Å². The summed E-state index contributed by atoms with van der Waals surface area (Å²) in [7, 11) is -4.56. The van der Waals surface area contributed by atoms with Gasteiger partial charge in [-0.2, -0.15) is 0 Å². The summed E-state index contributed by atoms with van der Waals surface area (Å²) in [6, 6.07) is 9.89. The molecular formula is C18H23FN6O5S. The van der Waals surface area contributed by atoms with Gasteiger partial charge in [-0.3, -0.25) is 24.6 Å². The lowest BCUT2D eigenvalue weighted by atomic mass is 10.2. The first-order valence-corrected chi connectivity index (χ1v) is 10.6. The average Bonchev–Trinajstić information content (AvgIpc) is 2.72. The molecule has 0 fully saturated rings. The molecule has 31 heavy (non-hydrogen) atoms. The summed E-state index contributed by atoms with van der Waals surface area (Å²) in [6.45, 7) is 1.25. The Bertz CT molecular complexity index is 1090. The predicted molar refractivity (Wildman–Crippen MR) is 112 cm³/mol. The van der Waals surface area contributed by atoms with E-state index in [1.165, 1.54) is 36.4 Å². The number of benzene rings is 1. The number of rotatable bonds is 10. The number of halogens is 1. The van der Waals surface area contributed by atoms with E-state index < -0.39 is 39.5 Å². The average molecular weight is 454 g/mol.